The molecule has 3 rings (SSSR count). The molecule has 1 amide bonds. The van der Waals surface area contributed by atoms with Crippen molar-refractivity contribution >= 4 is 22.8 Å². The van der Waals surface area contributed by atoms with E-state index >= 15 is 0 Å². The number of carbonyl (C=O) groups excluding carboxylic acids is 2. The molecule has 7 heteroatoms. The van der Waals surface area contributed by atoms with Crippen LogP contribution in [-0.4, -0.2) is 34.1 Å². The zero-order valence-corrected chi connectivity index (χ0v) is 18.1. The lowest BCUT2D eigenvalue weighted by molar-refractivity contribution is -0.154. The van der Waals surface area contributed by atoms with Gasteiger partial charge in [0.2, 0.25) is 0 Å². The lowest BCUT2D eigenvalue weighted by Crippen LogP contribution is -2.36. The first-order chi connectivity index (χ1) is 14.9. The van der Waals surface area contributed by atoms with Crippen LogP contribution in [0.5, 0.6) is 0 Å². The fourth-order valence-electron chi connectivity index (χ4n) is 3.22. The normalized spacial score (nSPS) is 11.8. The van der Waals surface area contributed by atoms with Gasteiger partial charge < -0.3 is 10.1 Å². The summed E-state index contributed by atoms with van der Waals surface area (Å²) in [6.45, 7) is 5.99. The van der Waals surface area contributed by atoms with Crippen molar-refractivity contribution in [2.24, 2.45) is 0 Å². The van der Waals surface area contributed by atoms with E-state index in [1.807, 2.05) is 44.2 Å². The number of hydrogen-bond acceptors (Lipinski definition) is 5. The number of aryl methyl sites for hydroxylation is 2. The van der Waals surface area contributed by atoms with E-state index in [1.165, 1.54) is 4.57 Å². The van der Waals surface area contributed by atoms with Gasteiger partial charge in [-0.3, -0.25) is 19.0 Å². The maximum absolute atomic E-state index is 13.2. The molecule has 0 bridgehead atoms. The molecule has 2 aromatic carbocycles. The van der Waals surface area contributed by atoms with Crippen molar-refractivity contribution in [3.63, 3.8) is 0 Å². The van der Waals surface area contributed by atoms with Crippen molar-refractivity contribution in [1.82, 2.24) is 14.9 Å². The van der Waals surface area contributed by atoms with Crippen LogP contribution in [0.15, 0.2) is 53.3 Å². The van der Waals surface area contributed by atoms with E-state index in [0.717, 1.165) is 12.0 Å². The molecule has 7 nitrogen and oxygen atoms in total. The van der Waals surface area contributed by atoms with Crippen molar-refractivity contribution in [3.05, 3.63) is 70.3 Å². The van der Waals surface area contributed by atoms with Gasteiger partial charge >= 0.3 is 5.97 Å². The van der Waals surface area contributed by atoms with Crippen LogP contribution in [0.4, 0.5) is 0 Å². The summed E-state index contributed by atoms with van der Waals surface area (Å²) in [5, 5.41) is 3.21. The lowest BCUT2D eigenvalue weighted by atomic mass is 10.2. The van der Waals surface area contributed by atoms with Crippen LogP contribution < -0.4 is 10.9 Å². The van der Waals surface area contributed by atoms with E-state index < -0.39 is 12.1 Å². The summed E-state index contributed by atoms with van der Waals surface area (Å²) in [6, 6.07) is 14.7. The number of ether oxygens (including phenoxy) is 1. The highest BCUT2D eigenvalue weighted by atomic mass is 16.5. The Labute approximate surface area is 181 Å². The SMILES string of the molecule is CCCNC(=O)[C@H](C)OC(=O)CCc1nc2ccccc2c(=O)n1-c1ccc(C)cc1. The second-order valence-corrected chi connectivity index (χ2v) is 7.44. The quantitative estimate of drug-likeness (QED) is 0.565. The number of rotatable bonds is 8. The molecule has 0 unspecified atom stereocenters. The number of amides is 1. The van der Waals surface area contributed by atoms with Gasteiger partial charge in [0.25, 0.3) is 11.5 Å². The van der Waals surface area contributed by atoms with Gasteiger partial charge in [0.15, 0.2) is 6.10 Å². The predicted molar refractivity (Wildman–Crippen MR) is 119 cm³/mol. The van der Waals surface area contributed by atoms with E-state index in [9.17, 15) is 14.4 Å². The van der Waals surface area contributed by atoms with Gasteiger partial charge in [0.05, 0.1) is 23.0 Å². The molecule has 1 aromatic heterocycles. The first kappa shape index (κ1) is 22.2. The molecule has 0 aliphatic carbocycles. The second-order valence-electron chi connectivity index (χ2n) is 7.44. The van der Waals surface area contributed by atoms with Gasteiger partial charge in [0.1, 0.15) is 5.82 Å². The van der Waals surface area contributed by atoms with Gasteiger partial charge in [0, 0.05) is 13.0 Å². The molecular weight excluding hydrogens is 394 g/mol. The summed E-state index contributed by atoms with van der Waals surface area (Å²) in [4.78, 5) is 42.1. The molecule has 3 aromatic rings. The van der Waals surface area contributed by atoms with Crippen LogP contribution in [0.2, 0.25) is 0 Å². The Balaban J connectivity index is 1.85. The Morgan fingerprint density at radius 3 is 2.55 bits per heavy atom. The fourth-order valence-corrected chi connectivity index (χ4v) is 3.22. The highest BCUT2D eigenvalue weighted by Crippen LogP contribution is 2.15. The summed E-state index contributed by atoms with van der Waals surface area (Å²) in [7, 11) is 0. The highest BCUT2D eigenvalue weighted by Gasteiger charge is 2.19. The number of esters is 1. The molecule has 0 radical (unpaired) electrons. The van der Waals surface area contributed by atoms with Crippen LogP contribution in [0.3, 0.4) is 0 Å². The smallest absolute Gasteiger partial charge is 0.307 e. The van der Waals surface area contributed by atoms with E-state index in [-0.39, 0.29) is 24.3 Å². The van der Waals surface area contributed by atoms with Crippen LogP contribution in [0.1, 0.15) is 38.1 Å². The second kappa shape index (κ2) is 10.0. The minimum Gasteiger partial charge on any atom is -0.453 e. The van der Waals surface area contributed by atoms with Gasteiger partial charge in [-0.05, 0) is 44.5 Å². The van der Waals surface area contributed by atoms with E-state index in [1.54, 1.807) is 25.1 Å². The first-order valence-corrected chi connectivity index (χ1v) is 10.5. The molecule has 0 saturated heterocycles. The largest absolute Gasteiger partial charge is 0.453 e. The van der Waals surface area contributed by atoms with E-state index in [2.05, 4.69) is 10.3 Å². The number of nitrogens with one attached hydrogen (secondary N) is 1. The third kappa shape index (κ3) is 5.36. The van der Waals surface area contributed by atoms with Gasteiger partial charge in [-0.1, -0.05) is 36.8 Å². The van der Waals surface area contributed by atoms with Gasteiger partial charge in [-0.2, -0.15) is 0 Å². The Bertz CT molecular complexity index is 1140. The maximum atomic E-state index is 13.2. The van der Waals surface area contributed by atoms with Gasteiger partial charge in [-0.15, -0.1) is 0 Å². The molecule has 31 heavy (non-hydrogen) atoms. The average Bonchev–Trinajstić information content (AvgIpc) is 2.77. The monoisotopic (exact) mass is 421 g/mol. The molecule has 0 spiro atoms. The molecule has 1 N–H and O–H groups in total. The summed E-state index contributed by atoms with van der Waals surface area (Å²) in [5.74, 6) is -0.375. The van der Waals surface area contributed by atoms with E-state index in [0.29, 0.717) is 29.0 Å². The number of nitrogens with zero attached hydrogens (tertiary/aromatic N) is 2. The van der Waals surface area contributed by atoms with Crippen molar-refractivity contribution in [1.29, 1.82) is 0 Å². The molecule has 1 heterocycles. The van der Waals surface area contributed by atoms with Crippen molar-refractivity contribution in [2.45, 2.75) is 46.1 Å². The molecule has 0 aliphatic heterocycles. The predicted octanol–water partition coefficient (Wildman–Crippen LogP) is 3.08. The summed E-state index contributed by atoms with van der Waals surface area (Å²) >= 11 is 0. The fraction of sp³-hybridized carbons (Fsp3) is 0.333. The van der Waals surface area contributed by atoms with Crippen LogP contribution in [-0.2, 0) is 20.7 Å². The standard InChI is InChI=1S/C24H27N3O4/c1-4-15-25-23(29)17(3)31-22(28)14-13-21-26-20-8-6-5-7-19(20)24(30)27(21)18-11-9-16(2)10-12-18/h5-12,17H,4,13-15H2,1-3H3,(H,25,29)/t17-/m0/s1. The van der Waals surface area contributed by atoms with Crippen molar-refractivity contribution in [3.8, 4) is 5.69 Å². The lowest BCUT2D eigenvalue weighted by Gasteiger charge is -2.15. The van der Waals surface area contributed by atoms with Crippen molar-refractivity contribution < 1.29 is 14.3 Å². The minimum absolute atomic E-state index is 0.00202. The Morgan fingerprint density at radius 2 is 1.84 bits per heavy atom. The zero-order valence-electron chi connectivity index (χ0n) is 18.1. The van der Waals surface area contributed by atoms with Crippen LogP contribution in [0.25, 0.3) is 16.6 Å². The topological polar surface area (TPSA) is 90.3 Å². The molecule has 0 aliphatic rings. The molecule has 0 fully saturated rings. The third-order valence-electron chi connectivity index (χ3n) is 4.92. The summed E-state index contributed by atoms with van der Waals surface area (Å²) in [6.07, 6.45) is 0.136. The van der Waals surface area contributed by atoms with Crippen LogP contribution in [0, 0.1) is 6.92 Å². The summed E-state index contributed by atoms with van der Waals surface area (Å²) < 4.78 is 6.78. The first-order valence-electron chi connectivity index (χ1n) is 10.5. The number of fused-ring (bicyclic) bond motifs is 1. The maximum Gasteiger partial charge on any atom is 0.307 e. The van der Waals surface area contributed by atoms with E-state index in [4.69, 9.17) is 4.74 Å². The number of para-hydroxylation sites is 1. The summed E-state index contributed by atoms with van der Waals surface area (Å²) in [5.41, 5.74) is 2.15. The number of benzene rings is 2. The zero-order chi connectivity index (χ0) is 22.4. The molecule has 1 atom stereocenters. The third-order valence-corrected chi connectivity index (χ3v) is 4.92. The molecular formula is C24H27N3O4. The highest BCUT2D eigenvalue weighted by molar-refractivity contribution is 5.83. The number of hydrogen-bond donors (Lipinski definition) is 1. The molecule has 162 valence electrons. The van der Waals surface area contributed by atoms with Gasteiger partial charge in [-0.25, -0.2) is 4.98 Å². The minimum atomic E-state index is -0.872. The Kier molecular flexibility index (Phi) is 7.18. The molecule has 0 saturated carbocycles. The average molecular weight is 421 g/mol. The van der Waals surface area contributed by atoms with Crippen molar-refractivity contribution in [2.75, 3.05) is 6.54 Å². The number of aromatic nitrogens is 2. The Morgan fingerprint density at radius 1 is 1.13 bits per heavy atom. The Hall–Kier alpha value is -3.48. The van der Waals surface area contributed by atoms with Crippen LogP contribution >= 0.6 is 0 Å². The number of carbonyl (C=O) groups is 2.